The Hall–Kier alpha value is -2.27. The van der Waals surface area contributed by atoms with Gasteiger partial charge in [-0.25, -0.2) is 0 Å². The number of nitriles is 1. The average Bonchev–Trinajstić information content (AvgIpc) is 2.35. The number of nitrogen functional groups attached to an aromatic ring is 1. The Morgan fingerprint density at radius 2 is 1.41 bits per heavy atom. The van der Waals surface area contributed by atoms with Gasteiger partial charge in [-0.05, 0) is 30.2 Å². The molecule has 84 valence electrons. The molecule has 0 aliphatic rings. The molecule has 0 heterocycles. The van der Waals surface area contributed by atoms with E-state index in [4.69, 9.17) is 5.73 Å². The van der Waals surface area contributed by atoms with Crippen molar-refractivity contribution in [1.29, 1.82) is 5.26 Å². The normalized spacial score (nSPS) is 11.8. The number of nitrogens with two attached hydrogens (primary N) is 1. The number of rotatable bonds is 2. The third-order valence-electron chi connectivity index (χ3n) is 2.81. The van der Waals surface area contributed by atoms with Crippen LogP contribution in [0.5, 0.6) is 0 Å². The first-order valence-corrected chi connectivity index (χ1v) is 5.52. The van der Waals surface area contributed by atoms with E-state index in [-0.39, 0.29) is 5.92 Å². The van der Waals surface area contributed by atoms with Crippen molar-refractivity contribution < 1.29 is 0 Å². The summed E-state index contributed by atoms with van der Waals surface area (Å²) in [6, 6.07) is 17.8. The fourth-order valence-corrected chi connectivity index (χ4v) is 1.79. The first kappa shape index (κ1) is 11.2. The lowest BCUT2D eigenvalue weighted by Gasteiger charge is -2.10. The smallest absolute Gasteiger partial charge is 0.0962 e. The van der Waals surface area contributed by atoms with Crippen LogP contribution in [0.25, 0.3) is 0 Å². The number of aryl methyl sites for hydroxylation is 1. The summed E-state index contributed by atoms with van der Waals surface area (Å²) in [4.78, 5) is 0. The summed E-state index contributed by atoms with van der Waals surface area (Å²) in [7, 11) is 0. The summed E-state index contributed by atoms with van der Waals surface area (Å²) in [5.74, 6) is -0.226. The quantitative estimate of drug-likeness (QED) is 0.793. The van der Waals surface area contributed by atoms with Gasteiger partial charge < -0.3 is 5.73 Å². The second-order valence-electron chi connectivity index (χ2n) is 4.14. The van der Waals surface area contributed by atoms with Crippen LogP contribution in [0.4, 0.5) is 5.69 Å². The van der Waals surface area contributed by atoms with Crippen molar-refractivity contribution >= 4 is 5.69 Å². The van der Waals surface area contributed by atoms with Crippen molar-refractivity contribution in [2.75, 3.05) is 5.73 Å². The van der Waals surface area contributed by atoms with Gasteiger partial charge in [-0.2, -0.15) is 5.26 Å². The molecule has 2 rings (SSSR count). The van der Waals surface area contributed by atoms with Crippen LogP contribution in [0.3, 0.4) is 0 Å². The van der Waals surface area contributed by atoms with Gasteiger partial charge in [-0.15, -0.1) is 0 Å². The first-order valence-electron chi connectivity index (χ1n) is 5.52. The highest BCUT2D eigenvalue weighted by Gasteiger charge is 2.12. The molecular weight excluding hydrogens is 208 g/mol. The summed E-state index contributed by atoms with van der Waals surface area (Å²) < 4.78 is 0. The Balaban J connectivity index is 2.37. The molecule has 0 unspecified atom stereocenters. The van der Waals surface area contributed by atoms with E-state index >= 15 is 0 Å². The van der Waals surface area contributed by atoms with Gasteiger partial charge in [0.1, 0.15) is 0 Å². The molecule has 0 aliphatic carbocycles. The van der Waals surface area contributed by atoms with Crippen LogP contribution in [-0.4, -0.2) is 0 Å². The highest BCUT2D eigenvalue weighted by molar-refractivity contribution is 5.45. The van der Waals surface area contributed by atoms with E-state index in [1.807, 2.05) is 55.5 Å². The zero-order chi connectivity index (χ0) is 12.3. The second kappa shape index (κ2) is 4.71. The van der Waals surface area contributed by atoms with E-state index in [1.54, 1.807) is 0 Å². The van der Waals surface area contributed by atoms with Crippen molar-refractivity contribution in [2.24, 2.45) is 0 Å². The van der Waals surface area contributed by atoms with Crippen LogP contribution in [0.15, 0.2) is 48.5 Å². The third kappa shape index (κ3) is 2.46. The highest BCUT2D eigenvalue weighted by Crippen LogP contribution is 2.24. The fourth-order valence-electron chi connectivity index (χ4n) is 1.79. The zero-order valence-corrected chi connectivity index (χ0v) is 9.72. The molecule has 0 saturated carbocycles. The van der Waals surface area contributed by atoms with Crippen molar-refractivity contribution in [1.82, 2.24) is 0 Å². The monoisotopic (exact) mass is 222 g/mol. The van der Waals surface area contributed by atoms with E-state index in [2.05, 4.69) is 6.07 Å². The molecule has 0 aromatic heterocycles. The summed E-state index contributed by atoms with van der Waals surface area (Å²) in [5.41, 5.74) is 9.55. The van der Waals surface area contributed by atoms with Crippen LogP contribution < -0.4 is 5.73 Å². The second-order valence-corrected chi connectivity index (χ2v) is 4.14. The van der Waals surface area contributed by atoms with Crippen LogP contribution >= 0.6 is 0 Å². The molecule has 2 aromatic rings. The van der Waals surface area contributed by atoms with Gasteiger partial charge in [0.25, 0.3) is 0 Å². The van der Waals surface area contributed by atoms with Gasteiger partial charge in [0.05, 0.1) is 12.0 Å². The van der Waals surface area contributed by atoms with E-state index < -0.39 is 0 Å². The van der Waals surface area contributed by atoms with Gasteiger partial charge in [-0.1, -0.05) is 42.0 Å². The van der Waals surface area contributed by atoms with Crippen LogP contribution in [0.2, 0.25) is 0 Å². The van der Waals surface area contributed by atoms with Crippen molar-refractivity contribution in [3.8, 4) is 6.07 Å². The molecule has 0 radical (unpaired) electrons. The molecule has 0 spiro atoms. The predicted octanol–water partition coefficient (Wildman–Crippen LogP) is 3.23. The zero-order valence-electron chi connectivity index (χ0n) is 9.72. The summed E-state index contributed by atoms with van der Waals surface area (Å²) in [6.07, 6.45) is 0. The van der Waals surface area contributed by atoms with Gasteiger partial charge in [0, 0.05) is 5.69 Å². The maximum atomic E-state index is 9.29. The number of benzene rings is 2. The molecule has 17 heavy (non-hydrogen) atoms. The fraction of sp³-hybridized carbons (Fsp3) is 0.133. The summed E-state index contributed by atoms with van der Waals surface area (Å²) >= 11 is 0. The van der Waals surface area contributed by atoms with E-state index in [0.29, 0.717) is 5.69 Å². The van der Waals surface area contributed by atoms with Gasteiger partial charge in [0.15, 0.2) is 0 Å². The van der Waals surface area contributed by atoms with Crippen molar-refractivity contribution in [2.45, 2.75) is 12.8 Å². The molecule has 0 amide bonds. The molecule has 0 fully saturated rings. The summed E-state index contributed by atoms with van der Waals surface area (Å²) in [6.45, 7) is 2.04. The largest absolute Gasteiger partial charge is 0.399 e. The Morgan fingerprint density at radius 1 is 0.941 bits per heavy atom. The minimum absolute atomic E-state index is 0.226. The van der Waals surface area contributed by atoms with Crippen LogP contribution in [0, 0.1) is 18.3 Å². The van der Waals surface area contributed by atoms with Gasteiger partial charge in [-0.3, -0.25) is 0 Å². The summed E-state index contributed by atoms with van der Waals surface area (Å²) in [5, 5.41) is 9.29. The molecule has 0 saturated heterocycles. The Labute approximate surface area is 101 Å². The molecule has 0 bridgehead atoms. The highest BCUT2D eigenvalue weighted by atomic mass is 14.5. The minimum atomic E-state index is -0.226. The number of anilines is 1. The van der Waals surface area contributed by atoms with E-state index in [9.17, 15) is 5.26 Å². The van der Waals surface area contributed by atoms with E-state index in [1.165, 1.54) is 5.56 Å². The first-order chi connectivity index (χ1) is 8.20. The maximum Gasteiger partial charge on any atom is 0.0962 e. The average molecular weight is 222 g/mol. The topological polar surface area (TPSA) is 49.8 Å². The van der Waals surface area contributed by atoms with Crippen molar-refractivity contribution in [3.63, 3.8) is 0 Å². The SMILES string of the molecule is Cc1ccc([C@@H](C#N)c2ccc(N)cc2)cc1. The lowest BCUT2D eigenvalue weighted by molar-refractivity contribution is 1.04. The van der Waals surface area contributed by atoms with Crippen LogP contribution in [-0.2, 0) is 0 Å². The lowest BCUT2D eigenvalue weighted by atomic mass is 9.92. The molecular formula is C15H14N2. The minimum Gasteiger partial charge on any atom is -0.399 e. The molecule has 2 aromatic carbocycles. The van der Waals surface area contributed by atoms with Gasteiger partial charge in [0.2, 0.25) is 0 Å². The molecule has 2 heteroatoms. The number of hydrogen-bond donors (Lipinski definition) is 1. The number of hydrogen-bond acceptors (Lipinski definition) is 2. The lowest BCUT2D eigenvalue weighted by Crippen LogP contribution is -1.98. The molecule has 1 atom stereocenters. The van der Waals surface area contributed by atoms with E-state index in [0.717, 1.165) is 11.1 Å². The van der Waals surface area contributed by atoms with Crippen LogP contribution in [0.1, 0.15) is 22.6 Å². The van der Waals surface area contributed by atoms with Gasteiger partial charge >= 0.3 is 0 Å². The van der Waals surface area contributed by atoms with Crippen molar-refractivity contribution in [3.05, 3.63) is 65.2 Å². The Bertz CT molecular complexity index is 487. The molecule has 2 nitrogen and oxygen atoms in total. The Kier molecular flexibility index (Phi) is 3.11. The Morgan fingerprint density at radius 3 is 1.88 bits per heavy atom. The predicted molar refractivity (Wildman–Crippen MR) is 69.5 cm³/mol. The molecule has 2 N–H and O–H groups in total. The maximum absolute atomic E-state index is 9.29. The third-order valence-corrected chi connectivity index (χ3v) is 2.81. The number of nitrogens with zero attached hydrogens (tertiary/aromatic N) is 1. The standard InChI is InChI=1S/C15H14N2/c1-11-2-4-12(5-3-11)15(10-16)13-6-8-14(17)9-7-13/h2-9,15H,17H2,1H3/t15-/m1/s1. The molecule has 0 aliphatic heterocycles.